The number of nitrogens with two attached hydrogens (primary N) is 1. The number of benzene rings is 1. The zero-order valence-corrected chi connectivity index (χ0v) is 8.93. The van der Waals surface area contributed by atoms with Gasteiger partial charge in [0, 0.05) is 6.54 Å². The minimum absolute atomic E-state index is 0.439. The Bertz CT molecular complexity index is 425. The highest BCUT2D eigenvalue weighted by molar-refractivity contribution is 5.38. The Morgan fingerprint density at radius 1 is 1.00 bits per heavy atom. The highest BCUT2D eigenvalue weighted by Gasteiger charge is 1.95. The molecule has 1 aromatic heterocycles. The quantitative estimate of drug-likeness (QED) is 0.813. The molecule has 0 amide bonds. The Morgan fingerprint density at radius 2 is 1.81 bits per heavy atom. The van der Waals surface area contributed by atoms with E-state index in [1.807, 2.05) is 24.3 Å². The van der Waals surface area contributed by atoms with Crippen molar-refractivity contribution in [2.45, 2.75) is 6.42 Å². The molecule has 16 heavy (non-hydrogen) atoms. The van der Waals surface area contributed by atoms with Crippen molar-refractivity contribution in [1.29, 1.82) is 0 Å². The van der Waals surface area contributed by atoms with Crippen molar-refractivity contribution in [3.8, 4) is 0 Å². The first-order chi connectivity index (χ1) is 7.84. The first-order valence-corrected chi connectivity index (χ1v) is 5.21. The second kappa shape index (κ2) is 5.11. The Hall–Kier alpha value is -2.10. The lowest BCUT2D eigenvalue weighted by atomic mass is 10.1. The van der Waals surface area contributed by atoms with Crippen LogP contribution in [0.4, 0.5) is 11.6 Å². The predicted molar refractivity (Wildman–Crippen MR) is 65.1 cm³/mol. The summed E-state index contributed by atoms with van der Waals surface area (Å²) in [6.07, 6.45) is 0.965. The number of anilines is 2. The van der Waals surface area contributed by atoms with Gasteiger partial charge in [0.15, 0.2) is 0 Å². The van der Waals surface area contributed by atoms with Gasteiger partial charge in [0.1, 0.15) is 11.6 Å². The van der Waals surface area contributed by atoms with Crippen molar-refractivity contribution in [3.63, 3.8) is 0 Å². The minimum Gasteiger partial charge on any atom is -0.382 e. The van der Waals surface area contributed by atoms with Crippen molar-refractivity contribution in [2.75, 3.05) is 17.6 Å². The van der Waals surface area contributed by atoms with Crippen LogP contribution < -0.4 is 11.1 Å². The van der Waals surface area contributed by atoms with Crippen LogP contribution in [0.15, 0.2) is 42.5 Å². The summed E-state index contributed by atoms with van der Waals surface area (Å²) in [5, 5.41) is 10.9. The Kier molecular flexibility index (Phi) is 3.33. The van der Waals surface area contributed by atoms with Gasteiger partial charge in [0.2, 0.25) is 0 Å². The molecule has 1 heterocycles. The van der Waals surface area contributed by atoms with Crippen molar-refractivity contribution in [2.24, 2.45) is 0 Å². The van der Waals surface area contributed by atoms with E-state index in [0.29, 0.717) is 5.82 Å². The number of aromatic nitrogens is 2. The topological polar surface area (TPSA) is 63.8 Å². The number of rotatable bonds is 4. The normalized spacial score (nSPS) is 10.0. The predicted octanol–water partition coefficient (Wildman–Crippen LogP) is 1.71. The van der Waals surface area contributed by atoms with Gasteiger partial charge in [-0.25, -0.2) is 0 Å². The third kappa shape index (κ3) is 2.95. The monoisotopic (exact) mass is 214 g/mol. The van der Waals surface area contributed by atoms with Crippen LogP contribution in [0, 0.1) is 0 Å². The summed E-state index contributed by atoms with van der Waals surface area (Å²) < 4.78 is 0. The van der Waals surface area contributed by atoms with Crippen LogP contribution in [0.1, 0.15) is 5.56 Å². The molecule has 1 aromatic carbocycles. The highest BCUT2D eigenvalue weighted by atomic mass is 15.2. The molecule has 4 heteroatoms. The summed E-state index contributed by atoms with van der Waals surface area (Å²) in [7, 11) is 0. The molecule has 0 aliphatic heterocycles. The standard InChI is InChI=1S/C12H14N4/c13-11-6-7-12(16-15-11)14-9-8-10-4-2-1-3-5-10/h1-7H,8-9H2,(H2,13,15)(H,14,16). The maximum atomic E-state index is 5.45. The van der Waals surface area contributed by atoms with Gasteiger partial charge in [-0.15, -0.1) is 10.2 Å². The molecule has 2 aromatic rings. The third-order valence-electron chi connectivity index (χ3n) is 2.25. The maximum Gasteiger partial charge on any atom is 0.148 e. The second-order valence-electron chi connectivity index (χ2n) is 3.51. The van der Waals surface area contributed by atoms with Gasteiger partial charge in [0.05, 0.1) is 0 Å². The number of nitrogens with zero attached hydrogens (tertiary/aromatic N) is 2. The van der Waals surface area contributed by atoms with E-state index < -0.39 is 0 Å². The first kappa shape index (κ1) is 10.4. The number of nitrogens with one attached hydrogen (secondary N) is 1. The molecular weight excluding hydrogens is 200 g/mol. The molecule has 0 fully saturated rings. The molecule has 4 nitrogen and oxygen atoms in total. The number of hydrogen-bond donors (Lipinski definition) is 2. The van der Waals surface area contributed by atoms with E-state index in [2.05, 4.69) is 27.6 Å². The molecule has 0 atom stereocenters. The summed E-state index contributed by atoms with van der Waals surface area (Å²) in [6, 6.07) is 13.9. The van der Waals surface area contributed by atoms with Gasteiger partial charge in [-0.05, 0) is 24.1 Å². The van der Waals surface area contributed by atoms with Crippen LogP contribution in [0.2, 0.25) is 0 Å². The van der Waals surface area contributed by atoms with Crippen molar-refractivity contribution < 1.29 is 0 Å². The molecule has 0 radical (unpaired) electrons. The number of nitrogen functional groups attached to an aromatic ring is 1. The zero-order valence-electron chi connectivity index (χ0n) is 8.93. The number of hydrogen-bond acceptors (Lipinski definition) is 4. The van der Waals surface area contributed by atoms with Crippen LogP contribution in [-0.2, 0) is 6.42 Å². The molecule has 0 spiro atoms. The summed E-state index contributed by atoms with van der Waals surface area (Å²) in [6.45, 7) is 0.836. The molecule has 0 aliphatic rings. The van der Waals surface area contributed by atoms with E-state index >= 15 is 0 Å². The van der Waals surface area contributed by atoms with Crippen molar-refractivity contribution in [3.05, 3.63) is 48.0 Å². The fourth-order valence-corrected chi connectivity index (χ4v) is 1.42. The molecule has 0 bridgehead atoms. The zero-order chi connectivity index (χ0) is 11.2. The Labute approximate surface area is 94.5 Å². The molecule has 3 N–H and O–H groups in total. The molecule has 2 rings (SSSR count). The second-order valence-corrected chi connectivity index (χ2v) is 3.51. The molecule has 0 saturated heterocycles. The Balaban J connectivity index is 1.82. The summed E-state index contributed by atoms with van der Waals surface area (Å²) in [5.41, 5.74) is 6.75. The highest BCUT2D eigenvalue weighted by Crippen LogP contribution is 2.04. The summed E-state index contributed by atoms with van der Waals surface area (Å²) >= 11 is 0. The maximum absolute atomic E-state index is 5.45. The van der Waals surface area contributed by atoms with E-state index in [0.717, 1.165) is 18.8 Å². The largest absolute Gasteiger partial charge is 0.382 e. The van der Waals surface area contributed by atoms with E-state index in [1.54, 1.807) is 6.07 Å². The SMILES string of the molecule is Nc1ccc(NCCc2ccccc2)nn1. The van der Waals surface area contributed by atoms with Crippen LogP contribution in [0.5, 0.6) is 0 Å². The van der Waals surface area contributed by atoms with E-state index in [-0.39, 0.29) is 0 Å². The van der Waals surface area contributed by atoms with Gasteiger partial charge in [0.25, 0.3) is 0 Å². The van der Waals surface area contributed by atoms with E-state index in [1.165, 1.54) is 5.56 Å². The molecule has 0 unspecified atom stereocenters. The average molecular weight is 214 g/mol. The van der Waals surface area contributed by atoms with Gasteiger partial charge in [-0.3, -0.25) is 0 Å². The van der Waals surface area contributed by atoms with Crippen LogP contribution in [-0.4, -0.2) is 16.7 Å². The van der Waals surface area contributed by atoms with Crippen LogP contribution in [0.3, 0.4) is 0 Å². The third-order valence-corrected chi connectivity index (χ3v) is 2.25. The van der Waals surface area contributed by atoms with Crippen molar-refractivity contribution in [1.82, 2.24) is 10.2 Å². The Morgan fingerprint density at radius 3 is 2.50 bits per heavy atom. The van der Waals surface area contributed by atoms with Crippen LogP contribution in [0.25, 0.3) is 0 Å². The average Bonchev–Trinajstić information content (AvgIpc) is 2.33. The van der Waals surface area contributed by atoms with Gasteiger partial charge < -0.3 is 11.1 Å². The van der Waals surface area contributed by atoms with Crippen LogP contribution >= 0.6 is 0 Å². The van der Waals surface area contributed by atoms with Gasteiger partial charge >= 0.3 is 0 Å². The summed E-state index contributed by atoms with van der Waals surface area (Å²) in [4.78, 5) is 0. The van der Waals surface area contributed by atoms with E-state index in [4.69, 9.17) is 5.73 Å². The van der Waals surface area contributed by atoms with Gasteiger partial charge in [-0.2, -0.15) is 0 Å². The van der Waals surface area contributed by atoms with Gasteiger partial charge in [-0.1, -0.05) is 30.3 Å². The first-order valence-electron chi connectivity index (χ1n) is 5.21. The fraction of sp³-hybridized carbons (Fsp3) is 0.167. The molecule has 0 saturated carbocycles. The smallest absolute Gasteiger partial charge is 0.148 e. The lowest BCUT2D eigenvalue weighted by Crippen LogP contribution is -2.07. The fourth-order valence-electron chi connectivity index (χ4n) is 1.42. The molecule has 0 aliphatic carbocycles. The lowest BCUT2D eigenvalue weighted by molar-refractivity contribution is 0.971. The summed E-state index contributed by atoms with van der Waals surface area (Å²) in [5.74, 6) is 1.19. The van der Waals surface area contributed by atoms with E-state index in [9.17, 15) is 0 Å². The molecule has 82 valence electrons. The minimum atomic E-state index is 0.439. The van der Waals surface area contributed by atoms with Crippen molar-refractivity contribution >= 4 is 11.6 Å². The lowest BCUT2D eigenvalue weighted by Gasteiger charge is -2.04. The molecular formula is C12H14N4.